The van der Waals surface area contributed by atoms with Crippen molar-refractivity contribution in [3.05, 3.63) is 24.3 Å². The summed E-state index contributed by atoms with van der Waals surface area (Å²) in [5.74, 6) is 0.317. The Balaban J connectivity index is 1.99. The van der Waals surface area contributed by atoms with Gasteiger partial charge in [0.2, 0.25) is 0 Å². The second-order valence-corrected chi connectivity index (χ2v) is 3.40. The van der Waals surface area contributed by atoms with Gasteiger partial charge in [0.05, 0.1) is 12.2 Å². The molecule has 0 aromatic carbocycles. The summed E-state index contributed by atoms with van der Waals surface area (Å²) in [4.78, 5) is 0. The van der Waals surface area contributed by atoms with Crippen molar-refractivity contribution in [2.75, 3.05) is 0 Å². The molecule has 1 aliphatic carbocycles. The Hall–Kier alpha value is -0.535. The van der Waals surface area contributed by atoms with E-state index in [1.54, 1.807) is 0 Å². The molecule has 0 radical (unpaired) electrons. The average Bonchev–Trinajstić information content (AvgIpc) is 2.61. The molecule has 0 aromatic rings. The van der Waals surface area contributed by atoms with Crippen molar-refractivity contribution < 1.29 is 9.31 Å². The largest absolute Gasteiger partial charge is 0.468 e. The maximum absolute atomic E-state index is 5.63. The van der Waals surface area contributed by atoms with Crippen molar-refractivity contribution in [1.29, 1.82) is 0 Å². The molecule has 0 saturated carbocycles. The van der Waals surface area contributed by atoms with Crippen LogP contribution in [0.1, 0.15) is 13.8 Å². The maximum atomic E-state index is 5.63. The van der Waals surface area contributed by atoms with Crippen LogP contribution in [0.3, 0.4) is 0 Å². The number of hydrogen-bond donors (Lipinski definition) is 0. The zero-order valence-corrected chi connectivity index (χ0v) is 7.44. The van der Waals surface area contributed by atoms with Crippen molar-refractivity contribution in [1.82, 2.24) is 0 Å². The number of rotatable bonds is 1. The molecule has 1 heterocycles. The van der Waals surface area contributed by atoms with E-state index in [9.17, 15) is 0 Å². The SMILES string of the molecule is C[C@H]1OB(C2C=CC=C2)O[C@@H]1C. The molecule has 0 unspecified atom stereocenters. The highest BCUT2D eigenvalue weighted by molar-refractivity contribution is 6.48. The van der Waals surface area contributed by atoms with Crippen LogP contribution in [0.2, 0.25) is 5.82 Å². The molecule has 2 nitrogen and oxygen atoms in total. The molecule has 12 heavy (non-hydrogen) atoms. The normalized spacial score (nSPS) is 35.3. The van der Waals surface area contributed by atoms with Gasteiger partial charge < -0.3 is 9.31 Å². The minimum Gasteiger partial charge on any atom is -0.405 e. The molecule has 0 N–H and O–H groups in total. The molecule has 1 fully saturated rings. The Bertz CT molecular complexity index is 203. The average molecular weight is 164 g/mol. The molecule has 2 atom stereocenters. The van der Waals surface area contributed by atoms with Crippen molar-refractivity contribution in [3.63, 3.8) is 0 Å². The van der Waals surface area contributed by atoms with Crippen LogP contribution >= 0.6 is 0 Å². The molecule has 3 heteroatoms. The van der Waals surface area contributed by atoms with Crippen molar-refractivity contribution in [3.8, 4) is 0 Å². The van der Waals surface area contributed by atoms with E-state index >= 15 is 0 Å². The zero-order valence-electron chi connectivity index (χ0n) is 7.44. The van der Waals surface area contributed by atoms with Crippen LogP contribution in [0.5, 0.6) is 0 Å². The van der Waals surface area contributed by atoms with Crippen LogP contribution in [-0.4, -0.2) is 19.3 Å². The number of hydrogen-bond acceptors (Lipinski definition) is 2. The topological polar surface area (TPSA) is 18.5 Å². The summed E-state index contributed by atoms with van der Waals surface area (Å²) in [7, 11) is -0.0648. The third-order valence-corrected chi connectivity index (χ3v) is 2.45. The first-order chi connectivity index (χ1) is 5.77. The summed E-state index contributed by atoms with van der Waals surface area (Å²) in [6.07, 6.45) is 8.72. The van der Waals surface area contributed by atoms with Crippen LogP contribution < -0.4 is 0 Å². The molecule has 1 saturated heterocycles. The fraction of sp³-hybridized carbons (Fsp3) is 0.556. The molecule has 64 valence electrons. The fourth-order valence-electron chi connectivity index (χ4n) is 1.49. The summed E-state index contributed by atoms with van der Waals surface area (Å²) in [5, 5.41) is 0. The van der Waals surface area contributed by atoms with Crippen molar-refractivity contribution in [2.45, 2.75) is 31.9 Å². The highest BCUT2D eigenvalue weighted by Gasteiger charge is 2.38. The first kappa shape index (κ1) is 8.08. The monoisotopic (exact) mass is 164 g/mol. The Morgan fingerprint density at radius 1 is 1.00 bits per heavy atom. The summed E-state index contributed by atoms with van der Waals surface area (Å²) < 4.78 is 11.3. The Labute approximate surface area is 73.4 Å². The predicted molar refractivity (Wildman–Crippen MR) is 48.9 cm³/mol. The molecule has 1 aliphatic heterocycles. The molecular formula is C9H13BO2. The van der Waals surface area contributed by atoms with Gasteiger partial charge >= 0.3 is 7.12 Å². The summed E-state index contributed by atoms with van der Waals surface area (Å²) in [6, 6.07) is 0. The van der Waals surface area contributed by atoms with E-state index in [2.05, 4.69) is 12.2 Å². The minimum atomic E-state index is -0.0648. The lowest BCUT2D eigenvalue weighted by atomic mass is 9.73. The van der Waals surface area contributed by atoms with Gasteiger partial charge in [-0.15, -0.1) is 0 Å². The Morgan fingerprint density at radius 3 is 2.00 bits per heavy atom. The van der Waals surface area contributed by atoms with Gasteiger partial charge in [0, 0.05) is 5.82 Å². The second kappa shape index (κ2) is 3.07. The lowest BCUT2D eigenvalue weighted by Crippen LogP contribution is -2.20. The van der Waals surface area contributed by atoms with Crippen LogP contribution in [0.4, 0.5) is 0 Å². The molecule has 2 aliphatic rings. The van der Waals surface area contributed by atoms with Gasteiger partial charge in [-0.25, -0.2) is 0 Å². The van der Waals surface area contributed by atoms with Crippen molar-refractivity contribution >= 4 is 7.12 Å². The summed E-state index contributed by atoms with van der Waals surface area (Å²) in [5.41, 5.74) is 0. The molecule has 0 aromatic heterocycles. The van der Waals surface area contributed by atoms with E-state index < -0.39 is 0 Å². The van der Waals surface area contributed by atoms with Gasteiger partial charge in [-0.1, -0.05) is 24.3 Å². The highest BCUT2D eigenvalue weighted by Crippen LogP contribution is 2.28. The standard InChI is InChI=1S/C9H13BO2/c1-7-8(2)12-10(11-7)9-5-3-4-6-9/h3-9H,1-2H3/t7-,8-/m1/s1. The second-order valence-electron chi connectivity index (χ2n) is 3.40. The van der Waals surface area contributed by atoms with E-state index in [0.29, 0.717) is 5.82 Å². The van der Waals surface area contributed by atoms with Gasteiger partial charge in [0.15, 0.2) is 0 Å². The molecule has 0 amide bonds. The van der Waals surface area contributed by atoms with E-state index in [-0.39, 0.29) is 19.3 Å². The lowest BCUT2D eigenvalue weighted by molar-refractivity contribution is 0.187. The summed E-state index contributed by atoms with van der Waals surface area (Å²) in [6.45, 7) is 4.10. The molecule has 2 rings (SSSR count). The third kappa shape index (κ3) is 1.34. The lowest BCUT2D eigenvalue weighted by Gasteiger charge is -2.07. The maximum Gasteiger partial charge on any atom is 0.468 e. The quantitative estimate of drug-likeness (QED) is 0.550. The van der Waals surface area contributed by atoms with E-state index in [1.165, 1.54) is 0 Å². The third-order valence-electron chi connectivity index (χ3n) is 2.45. The first-order valence-corrected chi connectivity index (χ1v) is 4.43. The van der Waals surface area contributed by atoms with Gasteiger partial charge in [-0.2, -0.15) is 0 Å². The van der Waals surface area contributed by atoms with Crippen LogP contribution in [0.15, 0.2) is 24.3 Å². The fourth-order valence-corrected chi connectivity index (χ4v) is 1.49. The first-order valence-electron chi connectivity index (χ1n) is 4.43. The highest BCUT2D eigenvalue weighted by atomic mass is 16.7. The van der Waals surface area contributed by atoms with E-state index in [4.69, 9.17) is 9.31 Å². The smallest absolute Gasteiger partial charge is 0.405 e. The van der Waals surface area contributed by atoms with Gasteiger partial charge in [0.1, 0.15) is 0 Å². The van der Waals surface area contributed by atoms with E-state index in [1.807, 2.05) is 26.0 Å². The zero-order chi connectivity index (χ0) is 8.55. The number of allylic oxidation sites excluding steroid dienone is 4. The van der Waals surface area contributed by atoms with Crippen LogP contribution in [0.25, 0.3) is 0 Å². The minimum absolute atomic E-state index is 0.0648. The van der Waals surface area contributed by atoms with Gasteiger partial charge in [-0.05, 0) is 13.8 Å². The predicted octanol–water partition coefficient (Wildman–Crippen LogP) is 1.79. The summed E-state index contributed by atoms with van der Waals surface area (Å²) >= 11 is 0. The van der Waals surface area contributed by atoms with Crippen LogP contribution in [-0.2, 0) is 9.31 Å². The van der Waals surface area contributed by atoms with Gasteiger partial charge in [0.25, 0.3) is 0 Å². The molecule has 0 bridgehead atoms. The Morgan fingerprint density at radius 2 is 1.50 bits per heavy atom. The Kier molecular flexibility index (Phi) is 2.07. The molecular weight excluding hydrogens is 151 g/mol. The van der Waals surface area contributed by atoms with Crippen molar-refractivity contribution in [2.24, 2.45) is 0 Å². The van der Waals surface area contributed by atoms with Gasteiger partial charge in [-0.3, -0.25) is 0 Å². The molecule has 0 spiro atoms. The van der Waals surface area contributed by atoms with Crippen LogP contribution in [0, 0.1) is 0 Å². The van der Waals surface area contributed by atoms with E-state index in [0.717, 1.165) is 0 Å².